The Bertz CT molecular complexity index is 1210. The molecule has 0 spiro atoms. The molecule has 48 heavy (non-hydrogen) atoms. The van der Waals surface area contributed by atoms with Crippen LogP contribution in [0.5, 0.6) is 0 Å². The van der Waals surface area contributed by atoms with Crippen LogP contribution < -0.4 is 10.6 Å². The van der Waals surface area contributed by atoms with Crippen LogP contribution in [0.15, 0.2) is 53.6 Å². The number of nitrogens with two attached hydrogens (primary N) is 1. The predicted molar refractivity (Wildman–Crippen MR) is 197 cm³/mol. The third-order valence-electron chi connectivity index (χ3n) is 9.11. The van der Waals surface area contributed by atoms with Gasteiger partial charge in [-0.15, -0.1) is 0 Å². The highest BCUT2D eigenvalue weighted by atomic mass is 32.3. The van der Waals surface area contributed by atoms with Gasteiger partial charge in [-0.25, -0.2) is 15.7 Å². The molecule has 2 saturated heterocycles. The maximum Gasteiger partial charge on any atom is 0.133 e. The molecule has 4 rings (SSSR count). The molecule has 0 aliphatic carbocycles. The van der Waals surface area contributed by atoms with Crippen LogP contribution in [-0.2, 0) is 31.4 Å². The summed E-state index contributed by atoms with van der Waals surface area (Å²) in [7, 11) is -0.667. The topological polar surface area (TPSA) is 100 Å². The van der Waals surface area contributed by atoms with Crippen molar-refractivity contribution in [2.75, 3.05) is 86.0 Å². The number of hydrazone groups is 1. The van der Waals surface area contributed by atoms with E-state index in [1.165, 1.54) is 49.9 Å². The van der Waals surface area contributed by atoms with Gasteiger partial charge in [0, 0.05) is 37.4 Å². The second-order valence-electron chi connectivity index (χ2n) is 12.5. The average molecular weight is 688 g/mol. The Kier molecular flexibility index (Phi) is 17.1. The normalized spacial score (nSPS) is 18.5. The minimum Gasteiger partial charge on any atom is -0.378 e. The summed E-state index contributed by atoms with van der Waals surface area (Å²) in [6.45, 7) is 16.5. The number of hydrazine groups is 2. The lowest BCUT2D eigenvalue weighted by atomic mass is 10.1. The Hall–Kier alpha value is -2.10. The van der Waals surface area contributed by atoms with Crippen molar-refractivity contribution in [3.05, 3.63) is 70.8 Å². The monoisotopic (exact) mass is 687 g/mol. The predicted octanol–water partition coefficient (Wildman–Crippen LogP) is 4.86. The number of nitrogens with one attached hydrogen (secondary N) is 1. The number of ether oxygens (including phenoxy) is 3. The lowest BCUT2D eigenvalue weighted by molar-refractivity contribution is 0.0166. The molecule has 0 aromatic heterocycles. The lowest BCUT2D eigenvalue weighted by Crippen LogP contribution is -2.53. The van der Waals surface area contributed by atoms with Crippen LogP contribution >= 0.6 is 10.7 Å². The van der Waals surface area contributed by atoms with Crippen LogP contribution in [0.3, 0.4) is 0 Å². The van der Waals surface area contributed by atoms with Gasteiger partial charge in [-0.2, -0.15) is 5.10 Å². The molecule has 2 heterocycles. The molecule has 0 radical (unpaired) electrons. The van der Waals surface area contributed by atoms with Crippen LogP contribution in [0.25, 0.3) is 0 Å². The zero-order chi connectivity index (χ0) is 34.0. The quantitative estimate of drug-likeness (QED) is 0.0730. The Morgan fingerprint density at radius 1 is 0.854 bits per heavy atom. The van der Waals surface area contributed by atoms with Crippen molar-refractivity contribution in [2.45, 2.75) is 64.9 Å². The van der Waals surface area contributed by atoms with Gasteiger partial charge in [-0.3, -0.25) is 0 Å². The van der Waals surface area contributed by atoms with Crippen molar-refractivity contribution in [3.63, 3.8) is 0 Å². The van der Waals surface area contributed by atoms with Crippen molar-refractivity contribution in [1.29, 1.82) is 0 Å². The molecular formula is C36H61N7O4S. The number of aryl methyl sites for hydroxylation is 2. The first-order valence-electron chi connectivity index (χ1n) is 17.8. The Morgan fingerprint density at radius 3 is 2.06 bits per heavy atom. The van der Waals surface area contributed by atoms with Crippen LogP contribution in [0, 0.1) is 6.92 Å². The molecule has 0 amide bonds. The Balaban J connectivity index is 1.48. The molecule has 12 heteroatoms. The third kappa shape index (κ3) is 12.0. The van der Waals surface area contributed by atoms with Gasteiger partial charge in [-0.1, -0.05) is 60.0 Å². The number of rotatable bonds is 23. The maximum absolute atomic E-state index is 7.01. The first-order valence-corrected chi connectivity index (χ1v) is 19.4. The number of benzene rings is 2. The molecule has 270 valence electrons. The summed E-state index contributed by atoms with van der Waals surface area (Å²) >= 11 is 0. The second-order valence-corrected chi connectivity index (χ2v) is 15.2. The molecular weight excluding hydrogens is 627 g/mol. The van der Waals surface area contributed by atoms with Gasteiger partial charge in [0.05, 0.1) is 45.9 Å². The van der Waals surface area contributed by atoms with Gasteiger partial charge in [0.2, 0.25) is 0 Å². The molecule has 0 saturated carbocycles. The number of likely N-dealkylation sites (tertiary alicyclic amines) is 2. The fraction of sp³-hybridized carbons (Fsp3) is 0.639. The van der Waals surface area contributed by atoms with E-state index in [0.717, 1.165) is 43.7 Å². The van der Waals surface area contributed by atoms with Gasteiger partial charge >= 0.3 is 0 Å². The largest absolute Gasteiger partial charge is 0.378 e. The van der Waals surface area contributed by atoms with Gasteiger partial charge in [0.1, 0.15) is 5.44 Å². The second kappa shape index (κ2) is 21.2. The molecule has 2 aromatic carbocycles. The fourth-order valence-electron chi connectivity index (χ4n) is 6.08. The van der Waals surface area contributed by atoms with Crippen molar-refractivity contribution < 1.29 is 18.4 Å². The number of hydrogen-bond acceptors (Lipinski definition) is 11. The highest BCUT2D eigenvalue weighted by Crippen LogP contribution is 2.53. The molecule has 11 nitrogen and oxygen atoms in total. The summed E-state index contributed by atoms with van der Waals surface area (Å²) in [5.41, 5.74) is 4.19. The van der Waals surface area contributed by atoms with E-state index in [4.69, 9.17) is 29.3 Å². The van der Waals surface area contributed by atoms with Crippen molar-refractivity contribution in [1.82, 2.24) is 24.2 Å². The molecule has 2 fully saturated rings. The lowest BCUT2D eigenvalue weighted by Gasteiger charge is -2.50. The summed E-state index contributed by atoms with van der Waals surface area (Å²) < 4.78 is 30.6. The van der Waals surface area contributed by atoms with Crippen LogP contribution in [-0.4, -0.2) is 117 Å². The van der Waals surface area contributed by atoms with Gasteiger partial charge < -0.3 is 28.2 Å². The third-order valence-corrected chi connectivity index (χ3v) is 12.0. The molecule has 2 aliphatic rings. The smallest absolute Gasteiger partial charge is 0.133 e. The van der Waals surface area contributed by atoms with E-state index in [1.54, 1.807) is 9.64 Å². The molecule has 0 bridgehead atoms. The summed E-state index contributed by atoms with van der Waals surface area (Å²) in [5, 5.41) is 6.38. The van der Waals surface area contributed by atoms with E-state index in [9.17, 15) is 0 Å². The highest BCUT2D eigenvalue weighted by Gasteiger charge is 2.40. The van der Waals surface area contributed by atoms with Crippen molar-refractivity contribution in [2.24, 2.45) is 10.9 Å². The number of hydrogen-bond donors (Lipinski definition) is 2. The first kappa shape index (κ1) is 38.7. The van der Waals surface area contributed by atoms with E-state index in [2.05, 4.69) is 58.7 Å². The van der Waals surface area contributed by atoms with Crippen LogP contribution in [0.2, 0.25) is 0 Å². The first-order chi connectivity index (χ1) is 23.4. The maximum atomic E-state index is 7.01. The minimum absolute atomic E-state index is 0.348. The molecule has 2 aromatic rings. The van der Waals surface area contributed by atoms with Gasteiger partial charge in [0.25, 0.3) is 0 Å². The summed E-state index contributed by atoms with van der Waals surface area (Å²) in [6, 6.07) is 16.6. The summed E-state index contributed by atoms with van der Waals surface area (Å²) in [5.74, 6) is 7.01. The Labute approximate surface area is 291 Å². The van der Waals surface area contributed by atoms with Crippen molar-refractivity contribution >= 4 is 16.9 Å². The minimum atomic E-state index is -2.50. The average Bonchev–Trinajstić information content (AvgIpc) is 3.83. The SMILES string of the molecule is CCc1ccccc1CNS(OCCOCCN1CCCC1)(C(C)OCCOCCN1CCCC1)N(N)N(C)/N=C\c1ccccc1C. The van der Waals surface area contributed by atoms with Crippen LogP contribution in [0.1, 0.15) is 61.8 Å². The van der Waals surface area contributed by atoms with E-state index in [-0.39, 0.29) is 0 Å². The van der Waals surface area contributed by atoms with E-state index >= 15 is 0 Å². The van der Waals surface area contributed by atoms with Crippen molar-refractivity contribution in [3.8, 4) is 0 Å². The highest BCUT2D eigenvalue weighted by molar-refractivity contribution is 8.26. The summed E-state index contributed by atoms with van der Waals surface area (Å²) in [4.78, 5) is 4.91. The number of nitrogens with zero attached hydrogens (tertiary/aromatic N) is 5. The fourth-order valence-corrected chi connectivity index (χ4v) is 8.49. The van der Waals surface area contributed by atoms with Gasteiger partial charge in [0.15, 0.2) is 0 Å². The zero-order valence-corrected chi connectivity index (χ0v) is 30.7. The van der Waals surface area contributed by atoms with E-state index in [0.29, 0.717) is 46.2 Å². The Morgan fingerprint density at radius 2 is 1.44 bits per heavy atom. The zero-order valence-electron chi connectivity index (χ0n) is 29.9. The van der Waals surface area contributed by atoms with E-state index in [1.807, 2.05) is 38.4 Å². The standard InChI is InChI=1S/C36H61N7O4S/c1-5-34-15-8-9-17-36(34)31-39-48(47-29-27-45-25-23-42-20-12-13-21-42,33(3)46-28-26-44-24-22-41-18-10-11-19-41)43(37)40(4)38-30-35-16-7-6-14-32(35)2/h6-9,14-17,30,33,39H,5,10-13,18-29,31,37H2,1-4H3/b38-30-. The molecule has 2 atom stereocenters. The molecule has 2 unspecified atom stereocenters. The van der Waals surface area contributed by atoms with E-state index < -0.39 is 16.1 Å². The van der Waals surface area contributed by atoms with Gasteiger partial charge in [-0.05, 0) is 94.4 Å². The summed E-state index contributed by atoms with van der Waals surface area (Å²) in [6.07, 6.45) is 7.87. The van der Waals surface area contributed by atoms with Crippen LogP contribution in [0.4, 0.5) is 0 Å². The molecule has 3 N–H and O–H groups in total. The molecule has 2 aliphatic heterocycles.